The minimum Gasteiger partial charge on any atom is -0.267 e. The number of fused-ring (bicyclic) bond motifs is 3. The molecule has 0 unspecified atom stereocenters. The minimum atomic E-state index is -0.0660. The number of thiophene rings is 1. The van der Waals surface area contributed by atoms with Crippen LogP contribution in [0.1, 0.15) is 28.8 Å². The molecule has 0 saturated carbocycles. The summed E-state index contributed by atoms with van der Waals surface area (Å²) in [5, 5.41) is 5.00. The molecule has 4 rings (SSSR count). The molecule has 0 saturated heterocycles. The zero-order chi connectivity index (χ0) is 16.4. The van der Waals surface area contributed by atoms with E-state index in [0.717, 1.165) is 35.0 Å². The molecule has 2 aromatic heterocycles. The predicted molar refractivity (Wildman–Crippen MR) is 99.9 cm³/mol. The summed E-state index contributed by atoms with van der Waals surface area (Å²) in [5.41, 5.74) is 2.23. The van der Waals surface area contributed by atoms with Gasteiger partial charge >= 0.3 is 0 Å². The third kappa shape index (κ3) is 2.83. The molecule has 0 fully saturated rings. The van der Waals surface area contributed by atoms with E-state index in [1.807, 2.05) is 42.5 Å². The van der Waals surface area contributed by atoms with Gasteiger partial charge in [0.15, 0.2) is 0 Å². The maximum absolute atomic E-state index is 12.7. The van der Waals surface area contributed by atoms with Crippen LogP contribution in [-0.4, -0.2) is 15.9 Å². The lowest BCUT2D eigenvalue weighted by atomic mass is 9.97. The van der Waals surface area contributed by atoms with E-state index in [-0.39, 0.29) is 5.56 Å². The average Bonchev–Trinajstić information content (AvgIpc) is 3.00. The van der Waals surface area contributed by atoms with E-state index in [1.165, 1.54) is 27.9 Å². The Bertz CT molecular complexity index is 983. The van der Waals surface area contributed by atoms with Crippen molar-refractivity contribution < 1.29 is 0 Å². The number of aromatic nitrogens is 2. The highest BCUT2D eigenvalue weighted by atomic mass is 32.1. The average molecular weight is 335 g/mol. The molecule has 0 spiro atoms. The quantitative estimate of drug-likeness (QED) is 0.682. The Morgan fingerprint density at radius 1 is 1.17 bits per heavy atom. The molecule has 0 aliphatic heterocycles. The first kappa shape index (κ1) is 15.0. The van der Waals surface area contributed by atoms with Crippen molar-refractivity contribution >= 4 is 33.8 Å². The number of rotatable bonds is 3. The fraction of sp³-hybridized carbons (Fsp3) is 0.211. The summed E-state index contributed by atoms with van der Waals surface area (Å²) in [7, 11) is 0. The maximum Gasteiger partial charge on any atom is 0.282 e. The lowest BCUT2D eigenvalue weighted by Gasteiger charge is -2.09. The summed E-state index contributed by atoms with van der Waals surface area (Å²) in [6.45, 7) is 0. The van der Waals surface area contributed by atoms with Crippen LogP contribution in [0.2, 0.25) is 0 Å². The molecule has 5 heteroatoms. The summed E-state index contributed by atoms with van der Waals surface area (Å²) in [6, 6.07) is 9.98. The Balaban J connectivity index is 1.65. The third-order valence-electron chi connectivity index (χ3n) is 4.22. The van der Waals surface area contributed by atoms with Crippen LogP contribution in [0.25, 0.3) is 16.3 Å². The largest absolute Gasteiger partial charge is 0.282 e. The highest BCUT2D eigenvalue weighted by Crippen LogP contribution is 2.33. The molecule has 3 aromatic rings. The van der Waals surface area contributed by atoms with Crippen molar-refractivity contribution in [3.8, 4) is 0 Å². The second-order valence-corrected chi connectivity index (χ2v) is 6.90. The SMILES string of the molecule is O=c1c2c3c(sc2ncn1/N=C\C=C\c1ccccc1)CCCC3. The lowest BCUT2D eigenvalue weighted by Crippen LogP contribution is -2.17. The van der Waals surface area contributed by atoms with Crippen molar-refractivity contribution in [3.63, 3.8) is 0 Å². The standard InChI is InChI=1S/C19H17N3OS/c23-19-17-15-10-4-5-11-16(15)24-18(17)20-13-22(19)21-12-6-9-14-7-2-1-3-8-14/h1-3,6-9,12-13H,4-5,10-11H2/b9-6+,21-12-. The fourth-order valence-electron chi connectivity index (χ4n) is 3.05. The Kier molecular flexibility index (Phi) is 4.09. The smallest absolute Gasteiger partial charge is 0.267 e. The molecule has 0 amide bonds. The van der Waals surface area contributed by atoms with Crippen molar-refractivity contribution in [2.75, 3.05) is 0 Å². The first-order chi connectivity index (χ1) is 11.8. The van der Waals surface area contributed by atoms with E-state index in [1.54, 1.807) is 17.6 Å². The number of hydrogen-bond donors (Lipinski definition) is 0. The topological polar surface area (TPSA) is 47.2 Å². The summed E-state index contributed by atoms with van der Waals surface area (Å²) in [6.07, 6.45) is 11.3. The first-order valence-electron chi connectivity index (χ1n) is 8.11. The van der Waals surface area contributed by atoms with E-state index in [0.29, 0.717) is 0 Å². The van der Waals surface area contributed by atoms with Crippen LogP contribution >= 0.6 is 11.3 Å². The molecule has 120 valence electrons. The van der Waals surface area contributed by atoms with Crippen LogP contribution in [0.4, 0.5) is 0 Å². The molecule has 0 atom stereocenters. The Morgan fingerprint density at radius 3 is 2.88 bits per heavy atom. The highest BCUT2D eigenvalue weighted by molar-refractivity contribution is 7.18. The third-order valence-corrected chi connectivity index (χ3v) is 5.42. The van der Waals surface area contributed by atoms with Crippen molar-refractivity contribution in [1.82, 2.24) is 9.66 Å². The summed E-state index contributed by atoms with van der Waals surface area (Å²) < 4.78 is 1.33. The van der Waals surface area contributed by atoms with E-state index < -0.39 is 0 Å². The van der Waals surface area contributed by atoms with Crippen molar-refractivity contribution in [2.24, 2.45) is 5.10 Å². The van der Waals surface area contributed by atoms with Crippen LogP contribution in [0, 0.1) is 0 Å². The van der Waals surface area contributed by atoms with Gasteiger partial charge in [0.25, 0.3) is 5.56 Å². The predicted octanol–water partition coefficient (Wildman–Crippen LogP) is 3.88. The van der Waals surface area contributed by atoms with Gasteiger partial charge in [0.2, 0.25) is 0 Å². The second-order valence-electron chi connectivity index (χ2n) is 5.82. The summed E-state index contributed by atoms with van der Waals surface area (Å²) in [5.74, 6) is 0. The van der Waals surface area contributed by atoms with Crippen molar-refractivity contribution in [1.29, 1.82) is 0 Å². The molecule has 1 aliphatic carbocycles. The van der Waals surface area contributed by atoms with Gasteiger partial charge in [-0.2, -0.15) is 9.78 Å². The molecule has 1 aliphatic rings. The maximum atomic E-state index is 12.7. The van der Waals surface area contributed by atoms with Crippen LogP contribution in [0.5, 0.6) is 0 Å². The number of benzene rings is 1. The molecule has 1 aromatic carbocycles. The Morgan fingerprint density at radius 2 is 2.00 bits per heavy atom. The molecule has 0 radical (unpaired) electrons. The highest BCUT2D eigenvalue weighted by Gasteiger charge is 2.19. The molecule has 2 heterocycles. The van der Waals surface area contributed by atoms with Gasteiger partial charge < -0.3 is 0 Å². The number of allylic oxidation sites excluding steroid dienone is 1. The zero-order valence-electron chi connectivity index (χ0n) is 13.2. The van der Waals surface area contributed by atoms with Crippen molar-refractivity contribution in [2.45, 2.75) is 25.7 Å². The van der Waals surface area contributed by atoms with E-state index in [2.05, 4.69) is 10.1 Å². The van der Waals surface area contributed by atoms with E-state index >= 15 is 0 Å². The number of nitrogens with zero attached hydrogens (tertiary/aromatic N) is 3. The fourth-order valence-corrected chi connectivity index (χ4v) is 4.27. The Labute approximate surface area is 143 Å². The monoisotopic (exact) mass is 335 g/mol. The molecular formula is C19H17N3OS. The van der Waals surface area contributed by atoms with Gasteiger partial charge in [0, 0.05) is 11.1 Å². The van der Waals surface area contributed by atoms with E-state index in [4.69, 9.17) is 0 Å². The van der Waals surface area contributed by atoms with Crippen LogP contribution in [-0.2, 0) is 12.8 Å². The number of hydrogen-bond acceptors (Lipinski definition) is 4. The molecule has 24 heavy (non-hydrogen) atoms. The van der Waals surface area contributed by atoms with Gasteiger partial charge in [-0.05, 0) is 42.9 Å². The molecular weight excluding hydrogens is 318 g/mol. The van der Waals surface area contributed by atoms with Gasteiger partial charge in [0.1, 0.15) is 11.2 Å². The normalized spacial score (nSPS) is 14.7. The van der Waals surface area contributed by atoms with Gasteiger partial charge in [-0.3, -0.25) is 4.79 Å². The van der Waals surface area contributed by atoms with E-state index in [9.17, 15) is 4.79 Å². The van der Waals surface area contributed by atoms with Crippen LogP contribution in [0.3, 0.4) is 0 Å². The van der Waals surface area contributed by atoms with Crippen LogP contribution in [0.15, 0.2) is 52.6 Å². The lowest BCUT2D eigenvalue weighted by molar-refractivity contribution is 0.699. The van der Waals surface area contributed by atoms with Gasteiger partial charge in [-0.1, -0.05) is 36.4 Å². The summed E-state index contributed by atoms with van der Waals surface area (Å²) in [4.78, 5) is 19.3. The molecule has 4 nitrogen and oxygen atoms in total. The van der Waals surface area contributed by atoms with Gasteiger partial charge in [0.05, 0.1) is 5.39 Å². The molecule has 0 bridgehead atoms. The second kappa shape index (κ2) is 6.53. The van der Waals surface area contributed by atoms with Gasteiger partial charge in [-0.15, -0.1) is 11.3 Å². The first-order valence-corrected chi connectivity index (χ1v) is 8.92. The molecule has 0 N–H and O–H groups in total. The minimum absolute atomic E-state index is 0.0660. The Hall–Kier alpha value is -2.53. The number of aryl methyl sites for hydroxylation is 2. The van der Waals surface area contributed by atoms with Gasteiger partial charge in [-0.25, -0.2) is 4.98 Å². The summed E-state index contributed by atoms with van der Waals surface area (Å²) >= 11 is 1.66. The van der Waals surface area contributed by atoms with Crippen LogP contribution < -0.4 is 5.56 Å². The zero-order valence-corrected chi connectivity index (χ0v) is 14.0. The van der Waals surface area contributed by atoms with Crippen molar-refractivity contribution in [3.05, 3.63) is 69.1 Å².